The number of aromatic nitrogens is 2. The minimum Gasteiger partial charge on any atom is -0.481 e. The summed E-state index contributed by atoms with van der Waals surface area (Å²) >= 11 is 1.96. The van der Waals surface area contributed by atoms with Crippen LogP contribution in [0.1, 0.15) is 37.4 Å². The first-order valence-corrected chi connectivity index (χ1v) is 9.27. The number of thioether (sulfide) groups is 1. The van der Waals surface area contributed by atoms with Gasteiger partial charge in [0.05, 0.1) is 6.54 Å². The number of carbonyl (C=O) groups is 1. The van der Waals surface area contributed by atoms with E-state index in [9.17, 15) is 4.79 Å². The Labute approximate surface area is 145 Å². The van der Waals surface area contributed by atoms with Gasteiger partial charge < -0.3 is 14.6 Å². The van der Waals surface area contributed by atoms with Gasteiger partial charge >= 0.3 is 0 Å². The highest BCUT2D eigenvalue weighted by atomic mass is 32.2. The SMILES string of the molecule is C[C@@H](Oc1ccccc1)C(=O)NCc1nc(C2CCSCC2)no1. The first kappa shape index (κ1) is 16.8. The van der Waals surface area contributed by atoms with Crippen molar-refractivity contribution in [1.82, 2.24) is 15.5 Å². The van der Waals surface area contributed by atoms with E-state index in [1.54, 1.807) is 6.92 Å². The maximum absolute atomic E-state index is 12.1. The number of nitrogens with one attached hydrogen (secondary N) is 1. The van der Waals surface area contributed by atoms with Gasteiger partial charge in [-0.1, -0.05) is 23.4 Å². The molecule has 1 aromatic heterocycles. The number of carbonyl (C=O) groups excluding carboxylic acids is 1. The van der Waals surface area contributed by atoms with Gasteiger partial charge in [-0.2, -0.15) is 16.7 Å². The zero-order valence-corrected chi connectivity index (χ0v) is 14.4. The molecule has 2 heterocycles. The zero-order valence-electron chi connectivity index (χ0n) is 13.6. The molecule has 7 heteroatoms. The molecule has 0 radical (unpaired) electrons. The van der Waals surface area contributed by atoms with Crippen molar-refractivity contribution in [2.24, 2.45) is 0 Å². The molecule has 0 saturated carbocycles. The highest BCUT2D eigenvalue weighted by molar-refractivity contribution is 7.99. The van der Waals surface area contributed by atoms with Crippen molar-refractivity contribution in [3.63, 3.8) is 0 Å². The van der Waals surface area contributed by atoms with E-state index in [0.29, 0.717) is 17.6 Å². The topological polar surface area (TPSA) is 77.2 Å². The Bertz CT molecular complexity index is 656. The lowest BCUT2D eigenvalue weighted by atomic mass is 10.0. The summed E-state index contributed by atoms with van der Waals surface area (Å²) in [6, 6.07) is 9.26. The van der Waals surface area contributed by atoms with Crippen LogP contribution in [-0.2, 0) is 11.3 Å². The molecule has 1 aliphatic rings. The molecule has 0 spiro atoms. The van der Waals surface area contributed by atoms with Crippen LogP contribution in [0.2, 0.25) is 0 Å². The number of hydrogen-bond acceptors (Lipinski definition) is 6. The van der Waals surface area contributed by atoms with Gasteiger partial charge in [-0.25, -0.2) is 0 Å². The summed E-state index contributed by atoms with van der Waals surface area (Å²) in [6.45, 7) is 1.93. The van der Waals surface area contributed by atoms with Crippen molar-refractivity contribution in [3.8, 4) is 5.75 Å². The van der Waals surface area contributed by atoms with E-state index in [-0.39, 0.29) is 12.5 Å². The summed E-state index contributed by atoms with van der Waals surface area (Å²) in [6.07, 6.45) is 1.57. The molecule has 2 aromatic rings. The van der Waals surface area contributed by atoms with E-state index in [4.69, 9.17) is 9.26 Å². The van der Waals surface area contributed by atoms with Crippen LogP contribution < -0.4 is 10.1 Å². The lowest BCUT2D eigenvalue weighted by Gasteiger charge is -2.17. The number of rotatable bonds is 6. The van der Waals surface area contributed by atoms with Crippen molar-refractivity contribution in [2.75, 3.05) is 11.5 Å². The second kappa shape index (κ2) is 8.19. The van der Waals surface area contributed by atoms with E-state index in [1.165, 1.54) is 0 Å². The van der Waals surface area contributed by atoms with Gasteiger partial charge in [0.1, 0.15) is 5.75 Å². The number of nitrogens with zero attached hydrogens (tertiary/aromatic N) is 2. The van der Waals surface area contributed by atoms with E-state index < -0.39 is 6.10 Å². The molecule has 1 aliphatic heterocycles. The first-order valence-electron chi connectivity index (χ1n) is 8.12. The van der Waals surface area contributed by atoms with Gasteiger partial charge in [0, 0.05) is 5.92 Å². The Morgan fingerprint density at radius 3 is 2.88 bits per heavy atom. The molecule has 1 N–H and O–H groups in total. The second-order valence-electron chi connectivity index (χ2n) is 5.72. The molecule has 3 rings (SSSR count). The van der Waals surface area contributed by atoms with Gasteiger partial charge in [0.25, 0.3) is 5.91 Å². The quantitative estimate of drug-likeness (QED) is 0.866. The van der Waals surface area contributed by atoms with Crippen molar-refractivity contribution < 1.29 is 14.1 Å². The number of amides is 1. The maximum atomic E-state index is 12.1. The van der Waals surface area contributed by atoms with Crippen LogP contribution >= 0.6 is 11.8 Å². The smallest absolute Gasteiger partial charge is 0.261 e. The molecule has 6 nitrogen and oxygen atoms in total. The Hall–Kier alpha value is -2.02. The number of para-hydroxylation sites is 1. The molecule has 1 saturated heterocycles. The van der Waals surface area contributed by atoms with Crippen LogP contribution in [0.15, 0.2) is 34.9 Å². The number of hydrogen-bond donors (Lipinski definition) is 1. The van der Waals surface area contributed by atoms with E-state index in [0.717, 1.165) is 30.2 Å². The Morgan fingerprint density at radius 2 is 2.12 bits per heavy atom. The summed E-state index contributed by atoms with van der Waals surface area (Å²) in [7, 11) is 0. The lowest BCUT2D eigenvalue weighted by Crippen LogP contribution is -2.36. The molecule has 0 bridgehead atoms. The van der Waals surface area contributed by atoms with Crippen molar-refractivity contribution in [1.29, 1.82) is 0 Å². The fraction of sp³-hybridized carbons (Fsp3) is 0.471. The third-order valence-electron chi connectivity index (χ3n) is 3.91. The summed E-state index contributed by atoms with van der Waals surface area (Å²) in [5.41, 5.74) is 0. The minimum absolute atomic E-state index is 0.215. The zero-order chi connectivity index (χ0) is 16.8. The molecule has 1 fully saturated rings. The maximum Gasteiger partial charge on any atom is 0.261 e. The van der Waals surface area contributed by atoms with Crippen LogP contribution in [0.25, 0.3) is 0 Å². The van der Waals surface area contributed by atoms with Gasteiger partial charge in [-0.3, -0.25) is 4.79 Å². The standard InChI is InChI=1S/C17H21N3O3S/c1-12(22-14-5-3-2-4-6-14)17(21)18-11-15-19-16(20-23-15)13-7-9-24-10-8-13/h2-6,12-13H,7-11H2,1H3,(H,18,21)/t12-/m1/s1. The predicted molar refractivity (Wildman–Crippen MR) is 92.0 cm³/mol. The summed E-state index contributed by atoms with van der Waals surface area (Å²) in [5.74, 6) is 4.29. The third kappa shape index (κ3) is 4.50. The molecule has 24 heavy (non-hydrogen) atoms. The number of benzene rings is 1. The van der Waals surface area contributed by atoms with E-state index >= 15 is 0 Å². The Balaban J connectivity index is 1.48. The predicted octanol–water partition coefficient (Wildman–Crippen LogP) is 2.76. The van der Waals surface area contributed by atoms with Gasteiger partial charge in [-0.15, -0.1) is 0 Å². The second-order valence-corrected chi connectivity index (χ2v) is 6.95. The Morgan fingerprint density at radius 1 is 1.38 bits per heavy atom. The first-order chi connectivity index (χ1) is 11.7. The molecule has 0 unspecified atom stereocenters. The number of ether oxygens (including phenoxy) is 1. The molecule has 128 valence electrons. The lowest BCUT2D eigenvalue weighted by molar-refractivity contribution is -0.127. The fourth-order valence-electron chi connectivity index (χ4n) is 2.52. The molecular formula is C17H21N3O3S. The van der Waals surface area contributed by atoms with Gasteiger partial charge in [-0.05, 0) is 43.4 Å². The van der Waals surface area contributed by atoms with Crippen LogP contribution in [0.4, 0.5) is 0 Å². The highest BCUT2D eigenvalue weighted by Crippen LogP contribution is 2.29. The van der Waals surface area contributed by atoms with Crippen LogP contribution in [0.5, 0.6) is 5.75 Å². The normalized spacial score (nSPS) is 16.5. The van der Waals surface area contributed by atoms with Crippen molar-refractivity contribution in [3.05, 3.63) is 42.0 Å². The van der Waals surface area contributed by atoms with Crippen LogP contribution in [0.3, 0.4) is 0 Å². The third-order valence-corrected chi connectivity index (χ3v) is 4.96. The molecule has 0 aliphatic carbocycles. The van der Waals surface area contributed by atoms with E-state index in [2.05, 4.69) is 15.5 Å². The average Bonchev–Trinajstić information content (AvgIpc) is 3.10. The molecule has 1 atom stereocenters. The van der Waals surface area contributed by atoms with E-state index in [1.807, 2.05) is 42.1 Å². The van der Waals surface area contributed by atoms with Crippen LogP contribution in [0, 0.1) is 0 Å². The molecule has 1 amide bonds. The summed E-state index contributed by atoms with van der Waals surface area (Å²) < 4.78 is 10.8. The Kier molecular flexibility index (Phi) is 5.74. The average molecular weight is 347 g/mol. The van der Waals surface area contributed by atoms with Crippen molar-refractivity contribution >= 4 is 17.7 Å². The van der Waals surface area contributed by atoms with Crippen LogP contribution in [-0.4, -0.2) is 33.7 Å². The molecule has 1 aromatic carbocycles. The monoisotopic (exact) mass is 347 g/mol. The van der Waals surface area contributed by atoms with Gasteiger partial charge in [0.2, 0.25) is 5.89 Å². The highest BCUT2D eigenvalue weighted by Gasteiger charge is 2.22. The fourth-order valence-corrected chi connectivity index (χ4v) is 3.63. The largest absolute Gasteiger partial charge is 0.481 e. The summed E-state index contributed by atoms with van der Waals surface area (Å²) in [4.78, 5) is 16.5. The summed E-state index contributed by atoms with van der Waals surface area (Å²) in [5, 5.41) is 6.82. The minimum atomic E-state index is -0.592. The van der Waals surface area contributed by atoms with Gasteiger partial charge in [0.15, 0.2) is 11.9 Å². The van der Waals surface area contributed by atoms with Crippen molar-refractivity contribution in [2.45, 2.75) is 38.3 Å². The molecular weight excluding hydrogens is 326 g/mol.